The molecule has 0 amide bonds. The van der Waals surface area contributed by atoms with Gasteiger partial charge in [-0.1, -0.05) is 11.6 Å². The van der Waals surface area contributed by atoms with Gasteiger partial charge in [-0.25, -0.2) is 0 Å². The van der Waals surface area contributed by atoms with Crippen LogP contribution < -0.4 is 11.1 Å². The third-order valence-electron chi connectivity index (χ3n) is 3.41. The summed E-state index contributed by atoms with van der Waals surface area (Å²) in [5.41, 5.74) is 5.45. The first-order valence-electron chi connectivity index (χ1n) is 6.25. The summed E-state index contributed by atoms with van der Waals surface area (Å²) in [6.45, 7) is 0. The van der Waals surface area contributed by atoms with Crippen LogP contribution in [-0.4, -0.2) is 12.1 Å². The highest BCUT2D eigenvalue weighted by Gasteiger charge is 2.33. The Labute approximate surface area is 115 Å². The van der Waals surface area contributed by atoms with Crippen LogP contribution in [-0.2, 0) is 6.18 Å². The fourth-order valence-electron chi connectivity index (χ4n) is 2.33. The second kappa shape index (κ2) is 5.59. The summed E-state index contributed by atoms with van der Waals surface area (Å²) in [5.74, 6) is 0. The molecule has 0 saturated heterocycles. The summed E-state index contributed by atoms with van der Waals surface area (Å²) < 4.78 is 38.2. The molecule has 3 N–H and O–H groups in total. The molecule has 1 aliphatic rings. The van der Waals surface area contributed by atoms with Crippen molar-refractivity contribution in [3.63, 3.8) is 0 Å². The van der Waals surface area contributed by atoms with Crippen molar-refractivity contribution >= 4 is 17.3 Å². The van der Waals surface area contributed by atoms with Crippen LogP contribution in [0.5, 0.6) is 0 Å². The van der Waals surface area contributed by atoms with Crippen molar-refractivity contribution in [2.45, 2.75) is 43.9 Å². The number of hydrogen-bond acceptors (Lipinski definition) is 2. The van der Waals surface area contributed by atoms with Crippen LogP contribution in [0.15, 0.2) is 18.2 Å². The van der Waals surface area contributed by atoms with Crippen molar-refractivity contribution in [2.24, 2.45) is 5.73 Å². The molecule has 0 atom stereocenters. The summed E-state index contributed by atoms with van der Waals surface area (Å²) in [7, 11) is 0. The first-order chi connectivity index (χ1) is 8.86. The number of rotatable bonds is 2. The number of anilines is 1. The van der Waals surface area contributed by atoms with E-state index in [1.54, 1.807) is 6.07 Å². The van der Waals surface area contributed by atoms with E-state index in [0.29, 0.717) is 5.69 Å². The number of halogens is 4. The van der Waals surface area contributed by atoms with Gasteiger partial charge in [-0.2, -0.15) is 13.2 Å². The molecule has 1 fully saturated rings. The van der Waals surface area contributed by atoms with Gasteiger partial charge in [-0.05, 0) is 43.9 Å². The van der Waals surface area contributed by atoms with Crippen LogP contribution in [0.2, 0.25) is 5.02 Å². The van der Waals surface area contributed by atoms with Gasteiger partial charge in [0.15, 0.2) is 0 Å². The quantitative estimate of drug-likeness (QED) is 0.863. The molecule has 0 aliphatic heterocycles. The molecular formula is C13H16ClF3N2. The fourth-order valence-corrected chi connectivity index (χ4v) is 2.56. The Hall–Kier alpha value is -0.940. The van der Waals surface area contributed by atoms with Crippen LogP contribution in [0, 0.1) is 0 Å². The topological polar surface area (TPSA) is 38.0 Å². The number of benzene rings is 1. The maximum Gasteiger partial charge on any atom is 0.417 e. The molecule has 0 bridgehead atoms. The zero-order valence-corrected chi connectivity index (χ0v) is 11.1. The maximum absolute atomic E-state index is 12.7. The second-order valence-corrected chi connectivity index (χ2v) is 5.36. The van der Waals surface area contributed by atoms with E-state index >= 15 is 0 Å². The third kappa shape index (κ3) is 3.76. The van der Waals surface area contributed by atoms with Gasteiger partial charge in [0.2, 0.25) is 0 Å². The van der Waals surface area contributed by atoms with Crippen molar-refractivity contribution < 1.29 is 13.2 Å². The van der Waals surface area contributed by atoms with Gasteiger partial charge in [0.1, 0.15) is 0 Å². The molecular weight excluding hydrogens is 277 g/mol. The number of nitrogens with one attached hydrogen (secondary N) is 1. The average molecular weight is 293 g/mol. The highest BCUT2D eigenvalue weighted by Crippen LogP contribution is 2.36. The summed E-state index contributed by atoms with van der Waals surface area (Å²) in [6.07, 6.45) is -0.866. The lowest BCUT2D eigenvalue weighted by molar-refractivity contribution is -0.137. The third-order valence-corrected chi connectivity index (χ3v) is 3.74. The number of hydrogen-bond donors (Lipinski definition) is 2. The molecule has 2 rings (SSSR count). The second-order valence-electron chi connectivity index (χ2n) is 4.95. The highest BCUT2D eigenvalue weighted by molar-refractivity contribution is 6.31. The molecule has 1 saturated carbocycles. The SMILES string of the molecule is NC1CCC(Nc2ccc(Cl)c(C(F)(F)F)c2)CC1. The van der Waals surface area contributed by atoms with Crippen LogP contribution in [0.1, 0.15) is 31.2 Å². The van der Waals surface area contributed by atoms with E-state index in [-0.39, 0.29) is 17.1 Å². The van der Waals surface area contributed by atoms with Crippen LogP contribution in [0.3, 0.4) is 0 Å². The maximum atomic E-state index is 12.7. The predicted molar refractivity (Wildman–Crippen MR) is 70.3 cm³/mol. The molecule has 19 heavy (non-hydrogen) atoms. The summed E-state index contributed by atoms with van der Waals surface area (Å²) >= 11 is 5.58. The van der Waals surface area contributed by atoms with E-state index in [4.69, 9.17) is 17.3 Å². The molecule has 0 unspecified atom stereocenters. The lowest BCUT2D eigenvalue weighted by atomic mass is 9.91. The Bertz CT molecular complexity index is 440. The minimum atomic E-state index is -4.43. The molecule has 0 aromatic heterocycles. The van der Waals surface area contributed by atoms with Gasteiger partial charge in [-0.15, -0.1) is 0 Å². The fraction of sp³-hybridized carbons (Fsp3) is 0.538. The normalized spacial score (nSPS) is 24.3. The number of alkyl halides is 3. The Morgan fingerprint density at radius 3 is 2.37 bits per heavy atom. The van der Waals surface area contributed by atoms with Crippen molar-refractivity contribution in [1.82, 2.24) is 0 Å². The smallest absolute Gasteiger partial charge is 0.382 e. The molecule has 1 aliphatic carbocycles. The Kier molecular flexibility index (Phi) is 4.26. The van der Waals surface area contributed by atoms with E-state index in [2.05, 4.69) is 5.32 Å². The molecule has 2 nitrogen and oxygen atoms in total. The Morgan fingerprint density at radius 2 is 1.79 bits per heavy atom. The van der Waals surface area contributed by atoms with Gasteiger partial charge in [0.05, 0.1) is 10.6 Å². The van der Waals surface area contributed by atoms with E-state index < -0.39 is 11.7 Å². The van der Waals surface area contributed by atoms with Crippen molar-refractivity contribution in [1.29, 1.82) is 0 Å². The standard InChI is InChI=1S/C13H16ClF3N2/c14-12-6-5-10(7-11(12)13(15,16)17)19-9-3-1-8(18)2-4-9/h5-9,19H,1-4,18H2. The summed E-state index contributed by atoms with van der Waals surface area (Å²) in [5, 5.41) is 2.85. The van der Waals surface area contributed by atoms with Crippen molar-refractivity contribution in [3.8, 4) is 0 Å². The first kappa shape index (κ1) is 14.5. The molecule has 0 radical (unpaired) electrons. The van der Waals surface area contributed by atoms with Gasteiger partial charge >= 0.3 is 6.18 Å². The van der Waals surface area contributed by atoms with Crippen molar-refractivity contribution in [2.75, 3.05) is 5.32 Å². The van der Waals surface area contributed by atoms with Gasteiger partial charge in [0, 0.05) is 17.8 Å². The predicted octanol–water partition coefficient (Wildman–Crippen LogP) is 4.04. The molecule has 6 heteroatoms. The van der Waals surface area contributed by atoms with Crippen LogP contribution in [0.4, 0.5) is 18.9 Å². The lowest BCUT2D eigenvalue weighted by Crippen LogP contribution is -2.32. The van der Waals surface area contributed by atoms with E-state index in [9.17, 15) is 13.2 Å². The monoisotopic (exact) mass is 292 g/mol. The van der Waals surface area contributed by atoms with Crippen LogP contribution in [0.25, 0.3) is 0 Å². The average Bonchev–Trinajstić information content (AvgIpc) is 2.33. The van der Waals surface area contributed by atoms with Crippen molar-refractivity contribution in [3.05, 3.63) is 28.8 Å². The molecule has 0 spiro atoms. The van der Waals surface area contributed by atoms with Gasteiger partial charge in [0.25, 0.3) is 0 Å². The minimum Gasteiger partial charge on any atom is -0.382 e. The summed E-state index contributed by atoms with van der Waals surface area (Å²) in [4.78, 5) is 0. The molecule has 1 aromatic carbocycles. The highest BCUT2D eigenvalue weighted by atomic mass is 35.5. The Morgan fingerprint density at radius 1 is 1.16 bits per heavy atom. The molecule has 0 heterocycles. The molecule has 106 valence electrons. The van der Waals surface area contributed by atoms with E-state index in [0.717, 1.165) is 31.7 Å². The van der Waals surface area contributed by atoms with E-state index in [1.807, 2.05) is 0 Å². The largest absolute Gasteiger partial charge is 0.417 e. The summed E-state index contributed by atoms with van der Waals surface area (Å²) in [6, 6.07) is 4.32. The zero-order chi connectivity index (χ0) is 14.0. The lowest BCUT2D eigenvalue weighted by Gasteiger charge is -2.28. The Balaban J connectivity index is 2.09. The van der Waals surface area contributed by atoms with E-state index in [1.165, 1.54) is 6.07 Å². The molecule has 1 aromatic rings. The minimum absolute atomic E-state index is 0.182. The zero-order valence-electron chi connectivity index (χ0n) is 10.3. The van der Waals surface area contributed by atoms with Gasteiger partial charge in [-0.3, -0.25) is 0 Å². The first-order valence-corrected chi connectivity index (χ1v) is 6.63. The van der Waals surface area contributed by atoms with Crippen LogP contribution >= 0.6 is 11.6 Å². The van der Waals surface area contributed by atoms with Gasteiger partial charge < -0.3 is 11.1 Å². The number of nitrogens with two attached hydrogens (primary N) is 1.